The number of rotatable bonds is 4. The molecule has 0 heterocycles. The van der Waals surface area contributed by atoms with Crippen LogP contribution < -0.4 is 9.64 Å². The molecule has 0 amide bonds. The van der Waals surface area contributed by atoms with Crippen molar-refractivity contribution < 1.29 is 4.74 Å². The summed E-state index contributed by atoms with van der Waals surface area (Å²) in [6.45, 7) is 7.76. The first-order valence-corrected chi connectivity index (χ1v) is 9.22. The first-order chi connectivity index (χ1) is 12.6. The van der Waals surface area contributed by atoms with Crippen molar-refractivity contribution in [2.24, 2.45) is 0 Å². The van der Waals surface area contributed by atoms with Crippen molar-refractivity contribution in [3.05, 3.63) is 77.9 Å². The summed E-state index contributed by atoms with van der Waals surface area (Å²) in [6.07, 6.45) is 0. The lowest BCUT2D eigenvalue weighted by Gasteiger charge is -2.27. The quantitative estimate of drug-likeness (QED) is 0.562. The van der Waals surface area contributed by atoms with Gasteiger partial charge in [0.1, 0.15) is 5.75 Å². The van der Waals surface area contributed by atoms with Crippen molar-refractivity contribution in [2.75, 3.05) is 18.6 Å². The van der Waals surface area contributed by atoms with E-state index in [1.807, 2.05) is 12.1 Å². The monoisotopic (exact) mass is 343 g/mol. The van der Waals surface area contributed by atoms with E-state index in [0.717, 1.165) is 12.3 Å². The van der Waals surface area contributed by atoms with Gasteiger partial charge in [0.05, 0.1) is 7.11 Å². The molecule has 0 saturated carbocycles. The van der Waals surface area contributed by atoms with Crippen LogP contribution in [0.4, 0.5) is 11.4 Å². The molecule has 0 aliphatic heterocycles. The van der Waals surface area contributed by atoms with Crippen molar-refractivity contribution in [3.63, 3.8) is 0 Å². The maximum Gasteiger partial charge on any atom is 0.119 e. The van der Waals surface area contributed by atoms with Gasteiger partial charge in [0.15, 0.2) is 0 Å². The zero-order valence-electron chi connectivity index (χ0n) is 15.9. The number of nitrogens with zero attached hydrogens (tertiary/aromatic N) is 1. The number of benzene rings is 3. The van der Waals surface area contributed by atoms with E-state index in [9.17, 15) is 0 Å². The predicted octanol–water partition coefficient (Wildman–Crippen LogP) is 6.16. The maximum atomic E-state index is 5.29. The largest absolute Gasteiger partial charge is 0.497 e. The summed E-state index contributed by atoms with van der Waals surface area (Å²) in [5.74, 6) is 0.885. The Balaban J connectivity index is 1.78. The molecule has 1 aliphatic carbocycles. The van der Waals surface area contributed by atoms with Gasteiger partial charge in [-0.15, -0.1) is 0 Å². The molecule has 0 fully saturated rings. The topological polar surface area (TPSA) is 12.5 Å². The highest BCUT2D eigenvalue weighted by atomic mass is 16.5. The van der Waals surface area contributed by atoms with Crippen LogP contribution in [0.15, 0.2) is 66.7 Å². The van der Waals surface area contributed by atoms with Gasteiger partial charge in [-0.1, -0.05) is 44.2 Å². The zero-order chi connectivity index (χ0) is 18.3. The molecule has 2 heteroatoms. The fraction of sp³-hybridized carbons (Fsp3) is 0.250. The normalized spacial score (nSPS) is 13.8. The third kappa shape index (κ3) is 2.48. The molecule has 0 spiro atoms. The lowest BCUT2D eigenvalue weighted by Crippen LogP contribution is -2.18. The first-order valence-electron chi connectivity index (χ1n) is 9.22. The summed E-state index contributed by atoms with van der Waals surface area (Å²) < 4.78 is 5.29. The summed E-state index contributed by atoms with van der Waals surface area (Å²) in [5.41, 5.74) is 8.00. The van der Waals surface area contributed by atoms with Gasteiger partial charge in [0.2, 0.25) is 0 Å². The Bertz CT molecular complexity index is 941. The number of fused-ring (bicyclic) bond motifs is 3. The predicted molar refractivity (Wildman–Crippen MR) is 110 cm³/mol. The second kappa shape index (κ2) is 6.21. The molecule has 1 aliphatic rings. The Morgan fingerprint density at radius 2 is 1.46 bits per heavy atom. The van der Waals surface area contributed by atoms with Gasteiger partial charge >= 0.3 is 0 Å². The van der Waals surface area contributed by atoms with Crippen LogP contribution in [0.3, 0.4) is 0 Å². The highest BCUT2D eigenvalue weighted by Gasteiger charge is 2.35. The van der Waals surface area contributed by atoms with E-state index < -0.39 is 0 Å². The van der Waals surface area contributed by atoms with Crippen LogP contribution in [0.5, 0.6) is 5.75 Å². The summed E-state index contributed by atoms with van der Waals surface area (Å²) in [6, 6.07) is 23.9. The van der Waals surface area contributed by atoms with Gasteiger partial charge in [-0.3, -0.25) is 0 Å². The minimum Gasteiger partial charge on any atom is -0.497 e. The second-order valence-electron chi connectivity index (χ2n) is 7.34. The van der Waals surface area contributed by atoms with E-state index in [4.69, 9.17) is 4.74 Å². The van der Waals surface area contributed by atoms with Crippen LogP contribution in [0.25, 0.3) is 11.1 Å². The van der Waals surface area contributed by atoms with Crippen LogP contribution in [-0.4, -0.2) is 13.7 Å². The number of hydrogen-bond donors (Lipinski definition) is 0. The fourth-order valence-electron chi connectivity index (χ4n) is 4.14. The van der Waals surface area contributed by atoms with E-state index in [2.05, 4.69) is 80.3 Å². The third-order valence-corrected chi connectivity index (χ3v) is 5.58. The van der Waals surface area contributed by atoms with Gasteiger partial charge < -0.3 is 9.64 Å². The summed E-state index contributed by atoms with van der Waals surface area (Å²) in [7, 11) is 1.70. The lowest BCUT2D eigenvalue weighted by atomic mass is 9.82. The molecule has 3 aromatic carbocycles. The molecule has 0 N–H and O–H groups in total. The molecule has 0 atom stereocenters. The Labute approximate surface area is 156 Å². The third-order valence-electron chi connectivity index (χ3n) is 5.58. The molecule has 2 nitrogen and oxygen atoms in total. The van der Waals surface area contributed by atoms with E-state index in [1.54, 1.807) is 7.11 Å². The zero-order valence-corrected chi connectivity index (χ0v) is 15.9. The van der Waals surface area contributed by atoms with E-state index in [-0.39, 0.29) is 5.41 Å². The fourth-order valence-corrected chi connectivity index (χ4v) is 4.14. The van der Waals surface area contributed by atoms with Gasteiger partial charge in [-0.2, -0.15) is 0 Å². The van der Waals surface area contributed by atoms with Gasteiger partial charge in [0, 0.05) is 23.3 Å². The van der Waals surface area contributed by atoms with E-state index in [0.29, 0.717) is 0 Å². The smallest absolute Gasteiger partial charge is 0.119 e. The number of ether oxygens (including phenoxy) is 1. The van der Waals surface area contributed by atoms with Gasteiger partial charge in [-0.05, 0) is 65.6 Å². The van der Waals surface area contributed by atoms with E-state index in [1.165, 1.54) is 33.6 Å². The highest BCUT2D eigenvalue weighted by molar-refractivity contribution is 5.83. The van der Waals surface area contributed by atoms with Crippen molar-refractivity contribution in [1.82, 2.24) is 0 Å². The number of methoxy groups -OCH3 is 1. The maximum absolute atomic E-state index is 5.29. The molecule has 0 saturated heterocycles. The number of anilines is 2. The molecule has 4 rings (SSSR count). The Morgan fingerprint density at radius 1 is 0.808 bits per heavy atom. The SMILES string of the molecule is CCN(c1ccc(OC)cc1)c1ccc2c(c1)C(C)(C)c1ccccc1-2. The molecular weight excluding hydrogens is 318 g/mol. The van der Waals surface area contributed by atoms with Crippen molar-refractivity contribution in [2.45, 2.75) is 26.2 Å². The minimum atomic E-state index is 0.0290. The average molecular weight is 343 g/mol. The molecule has 26 heavy (non-hydrogen) atoms. The van der Waals surface area contributed by atoms with Crippen molar-refractivity contribution in [3.8, 4) is 16.9 Å². The number of hydrogen-bond acceptors (Lipinski definition) is 2. The standard InChI is InChI=1S/C24H25NO/c1-5-25(17-10-13-19(26-4)14-11-17)18-12-15-21-20-8-6-7-9-22(20)24(2,3)23(21)16-18/h6-16H,5H2,1-4H3. The highest BCUT2D eigenvalue weighted by Crippen LogP contribution is 2.49. The van der Waals surface area contributed by atoms with Crippen LogP contribution in [0.2, 0.25) is 0 Å². The van der Waals surface area contributed by atoms with Crippen LogP contribution in [-0.2, 0) is 5.41 Å². The summed E-state index contributed by atoms with van der Waals surface area (Å²) in [5, 5.41) is 0. The van der Waals surface area contributed by atoms with Gasteiger partial charge in [0.25, 0.3) is 0 Å². The van der Waals surface area contributed by atoms with E-state index >= 15 is 0 Å². The molecule has 0 bridgehead atoms. The molecule has 0 radical (unpaired) electrons. The summed E-state index contributed by atoms with van der Waals surface area (Å²) >= 11 is 0. The van der Waals surface area contributed by atoms with Crippen LogP contribution in [0.1, 0.15) is 31.9 Å². The van der Waals surface area contributed by atoms with Crippen LogP contribution in [0, 0.1) is 0 Å². The Morgan fingerprint density at radius 3 is 2.15 bits per heavy atom. The van der Waals surface area contributed by atoms with Crippen molar-refractivity contribution in [1.29, 1.82) is 0 Å². The molecule has 0 unspecified atom stereocenters. The van der Waals surface area contributed by atoms with Crippen LogP contribution >= 0.6 is 0 Å². The van der Waals surface area contributed by atoms with Gasteiger partial charge in [-0.25, -0.2) is 0 Å². The minimum absolute atomic E-state index is 0.0290. The molecular formula is C24H25NO. The summed E-state index contributed by atoms with van der Waals surface area (Å²) in [4.78, 5) is 2.35. The second-order valence-corrected chi connectivity index (χ2v) is 7.34. The molecule has 0 aromatic heterocycles. The molecule has 132 valence electrons. The average Bonchev–Trinajstić information content (AvgIpc) is 2.91. The lowest BCUT2D eigenvalue weighted by molar-refractivity contribution is 0.415. The molecule has 3 aromatic rings. The Kier molecular flexibility index (Phi) is 3.99. The first kappa shape index (κ1) is 16.7. The van der Waals surface area contributed by atoms with Crippen molar-refractivity contribution >= 4 is 11.4 Å². The Hall–Kier alpha value is -2.74.